The Morgan fingerprint density at radius 3 is 2.68 bits per heavy atom. The van der Waals surface area contributed by atoms with Crippen LogP contribution in [-0.4, -0.2) is 18.1 Å². The minimum atomic E-state index is -0.317. The maximum Gasteiger partial charge on any atom is 0.340 e. The van der Waals surface area contributed by atoms with Crippen LogP contribution in [0.3, 0.4) is 0 Å². The number of benzene rings is 1. The van der Waals surface area contributed by atoms with Crippen LogP contribution in [0.4, 0.5) is 11.4 Å². The molecular weight excluding hydrogens is 240 g/mol. The zero-order valence-corrected chi connectivity index (χ0v) is 11.7. The number of rotatable bonds is 5. The Morgan fingerprint density at radius 1 is 1.42 bits per heavy atom. The van der Waals surface area contributed by atoms with Crippen molar-refractivity contribution in [2.75, 3.05) is 17.7 Å². The van der Waals surface area contributed by atoms with E-state index in [1.807, 2.05) is 6.07 Å². The first-order chi connectivity index (χ1) is 9.12. The second-order valence-electron chi connectivity index (χ2n) is 5.10. The molecule has 1 aromatic carbocycles. The molecule has 0 bridgehead atoms. The predicted octanol–water partition coefficient (Wildman–Crippen LogP) is 3.19. The molecule has 1 fully saturated rings. The SMILES string of the molecule is CCOC(=O)c1cccc(N)c1NC1(CC)CCC1. The van der Waals surface area contributed by atoms with Crippen LogP contribution in [0.25, 0.3) is 0 Å². The first-order valence-electron chi connectivity index (χ1n) is 6.95. The molecule has 0 saturated heterocycles. The lowest BCUT2D eigenvalue weighted by molar-refractivity contribution is 0.0527. The molecule has 0 amide bonds. The van der Waals surface area contributed by atoms with Crippen LogP contribution in [-0.2, 0) is 4.74 Å². The fraction of sp³-hybridized carbons (Fsp3) is 0.533. The van der Waals surface area contributed by atoms with Gasteiger partial charge in [0, 0.05) is 5.54 Å². The summed E-state index contributed by atoms with van der Waals surface area (Å²) in [6, 6.07) is 5.36. The Bertz CT molecular complexity index is 462. The van der Waals surface area contributed by atoms with Crippen LogP contribution < -0.4 is 11.1 Å². The Morgan fingerprint density at radius 2 is 2.16 bits per heavy atom. The molecule has 1 aliphatic carbocycles. The molecule has 3 N–H and O–H groups in total. The van der Waals surface area contributed by atoms with Gasteiger partial charge in [-0.05, 0) is 44.7 Å². The Kier molecular flexibility index (Phi) is 3.98. The number of anilines is 2. The van der Waals surface area contributed by atoms with Gasteiger partial charge in [0.25, 0.3) is 0 Å². The lowest BCUT2D eigenvalue weighted by Gasteiger charge is -2.43. The largest absolute Gasteiger partial charge is 0.462 e. The summed E-state index contributed by atoms with van der Waals surface area (Å²) in [5.41, 5.74) is 7.98. The number of ether oxygens (including phenoxy) is 1. The van der Waals surface area contributed by atoms with E-state index in [2.05, 4.69) is 12.2 Å². The van der Waals surface area contributed by atoms with Gasteiger partial charge in [0.1, 0.15) is 0 Å². The van der Waals surface area contributed by atoms with Gasteiger partial charge < -0.3 is 15.8 Å². The van der Waals surface area contributed by atoms with E-state index < -0.39 is 0 Å². The molecule has 1 aromatic rings. The number of hydrogen-bond donors (Lipinski definition) is 2. The van der Waals surface area contributed by atoms with Gasteiger partial charge in [0.15, 0.2) is 0 Å². The van der Waals surface area contributed by atoms with Gasteiger partial charge in [0.2, 0.25) is 0 Å². The van der Waals surface area contributed by atoms with E-state index in [1.165, 1.54) is 6.42 Å². The fourth-order valence-corrected chi connectivity index (χ4v) is 2.52. The normalized spacial score (nSPS) is 16.5. The summed E-state index contributed by atoms with van der Waals surface area (Å²) in [6.07, 6.45) is 4.51. The summed E-state index contributed by atoms with van der Waals surface area (Å²) in [5, 5.41) is 3.49. The summed E-state index contributed by atoms with van der Waals surface area (Å²) in [7, 11) is 0. The monoisotopic (exact) mass is 262 g/mol. The molecule has 0 unspecified atom stereocenters. The molecule has 0 spiro atoms. The van der Waals surface area contributed by atoms with Crippen molar-refractivity contribution >= 4 is 17.3 Å². The molecule has 4 heteroatoms. The van der Waals surface area contributed by atoms with Gasteiger partial charge in [-0.25, -0.2) is 4.79 Å². The minimum absolute atomic E-state index is 0.0940. The number of nitrogens with two attached hydrogens (primary N) is 1. The van der Waals surface area contributed by atoms with E-state index in [4.69, 9.17) is 10.5 Å². The number of esters is 1. The van der Waals surface area contributed by atoms with Crippen LogP contribution in [0.2, 0.25) is 0 Å². The highest BCUT2D eigenvalue weighted by Gasteiger charge is 2.36. The average Bonchev–Trinajstić information content (AvgIpc) is 2.35. The maximum atomic E-state index is 12.0. The van der Waals surface area contributed by atoms with Crippen molar-refractivity contribution in [3.05, 3.63) is 23.8 Å². The average molecular weight is 262 g/mol. The minimum Gasteiger partial charge on any atom is -0.462 e. The lowest BCUT2D eigenvalue weighted by atomic mass is 9.74. The lowest BCUT2D eigenvalue weighted by Crippen LogP contribution is -2.44. The molecule has 0 atom stereocenters. The highest BCUT2D eigenvalue weighted by atomic mass is 16.5. The fourth-order valence-electron chi connectivity index (χ4n) is 2.52. The topological polar surface area (TPSA) is 64.3 Å². The van der Waals surface area contributed by atoms with Crippen LogP contribution in [0.15, 0.2) is 18.2 Å². The van der Waals surface area contributed by atoms with Crippen molar-refractivity contribution in [1.82, 2.24) is 0 Å². The molecule has 0 aromatic heterocycles. The third-order valence-electron chi connectivity index (χ3n) is 3.97. The van der Waals surface area contributed by atoms with E-state index in [-0.39, 0.29) is 11.5 Å². The molecule has 4 nitrogen and oxygen atoms in total. The predicted molar refractivity (Wildman–Crippen MR) is 77.3 cm³/mol. The third kappa shape index (κ3) is 2.67. The highest BCUT2D eigenvalue weighted by Crippen LogP contribution is 2.40. The van der Waals surface area contributed by atoms with Crippen molar-refractivity contribution < 1.29 is 9.53 Å². The van der Waals surface area contributed by atoms with Crippen LogP contribution in [0.5, 0.6) is 0 Å². The number of carbonyl (C=O) groups is 1. The van der Waals surface area contributed by atoms with Crippen LogP contribution >= 0.6 is 0 Å². The first-order valence-corrected chi connectivity index (χ1v) is 6.95. The Hall–Kier alpha value is -1.71. The summed E-state index contributed by atoms with van der Waals surface area (Å²) in [4.78, 5) is 12.0. The third-order valence-corrected chi connectivity index (χ3v) is 3.97. The van der Waals surface area contributed by atoms with Gasteiger partial charge in [-0.1, -0.05) is 13.0 Å². The van der Waals surface area contributed by atoms with Gasteiger partial charge in [-0.2, -0.15) is 0 Å². The number of nitrogens with one attached hydrogen (secondary N) is 1. The van der Waals surface area contributed by atoms with E-state index in [0.29, 0.717) is 17.9 Å². The van der Waals surface area contributed by atoms with Gasteiger partial charge >= 0.3 is 5.97 Å². The summed E-state index contributed by atoms with van der Waals surface area (Å²) >= 11 is 0. The van der Waals surface area contributed by atoms with Crippen molar-refractivity contribution in [3.63, 3.8) is 0 Å². The molecule has 1 aliphatic rings. The number of nitrogen functional groups attached to an aromatic ring is 1. The quantitative estimate of drug-likeness (QED) is 0.632. The molecule has 0 heterocycles. The van der Waals surface area contributed by atoms with Gasteiger partial charge in [-0.15, -0.1) is 0 Å². The molecule has 104 valence electrons. The Balaban J connectivity index is 2.30. The second kappa shape index (κ2) is 5.51. The van der Waals surface area contributed by atoms with Crippen molar-refractivity contribution in [3.8, 4) is 0 Å². The summed E-state index contributed by atoms with van der Waals surface area (Å²) in [6.45, 7) is 4.33. The number of para-hydroxylation sites is 1. The zero-order chi connectivity index (χ0) is 13.9. The molecule has 2 rings (SSSR count). The first kappa shape index (κ1) is 13.7. The highest BCUT2D eigenvalue weighted by molar-refractivity contribution is 5.99. The summed E-state index contributed by atoms with van der Waals surface area (Å²) < 4.78 is 5.09. The van der Waals surface area contributed by atoms with Crippen molar-refractivity contribution in [2.45, 2.75) is 45.1 Å². The zero-order valence-electron chi connectivity index (χ0n) is 11.7. The van der Waals surface area contributed by atoms with Crippen molar-refractivity contribution in [1.29, 1.82) is 0 Å². The molecule has 0 radical (unpaired) electrons. The van der Waals surface area contributed by atoms with E-state index in [1.54, 1.807) is 19.1 Å². The van der Waals surface area contributed by atoms with E-state index in [9.17, 15) is 4.79 Å². The molecule has 1 saturated carbocycles. The molecule has 0 aliphatic heterocycles. The standard InChI is InChI=1S/C15H22N2O2/c1-3-15(9-6-10-15)17-13-11(14(18)19-4-2)7-5-8-12(13)16/h5,7-8,17H,3-4,6,9-10,16H2,1-2H3. The molecular formula is C15H22N2O2. The van der Waals surface area contributed by atoms with E-state index >= 15 is 0 Å². The van der Waals surface area contributed by atoms with E-state index in [0.717, 1.165) is 24.9 Å². The van der Waals surface area contributed by atoms with Gasteiger partial charge in [-0.3, -0.25) is 0 Å². The summed E-state index contributed by atoms with van der Waals surface area (Å²) in [5.74, 6) is -0.317. The molecule has 19 heavy (non-hydrogen) atoms. The second-order valence-corrected chi connectivity index (χ2v) is 5.10. The Labute approximate surface area is 114 Å². The maximum absolute atomic E-state index is 12.0. The van der Waals surface area contributed by atoms with Crippen molar-refractivity contribution in [2.24, 2.45) is 0 Å². The number of carbonyl (C=O) groups excluding carboxylic acids is 1. The smallest absolute Gasteiger partial charge is 0.340 e. The number of hydrogen-bond acceptors (Lipinski definition) is 4. The van der Waals surface area contributed by atoms with Crippen LogP contribution in [0, 0.1) is 0 Å². The van der Waals surface area contributed by atoms with Crippen LogP contribution in [0.1, 0.15) is 49.9 Å². The van der Waals surface area contributed by atoms with Gasteiger partial charge in [0.05, 0.1) is 23.5 Å².